The van der Waals surface area contributed by atoms with E-state index in [0.29, 0.717) is 22.6 Å². The smallest absolute Gasteiger partial charge is 0.263 e. The Labute approximate surface area is 160 Å². The van der Waals surface area contributed by atoms with Crippen LogP contribution in [0.4, 0.5) is 9.52 Å². The number of carbonyl (C=O) groups is 1. The molecule has 0 aliphatic heterocycles. The number of hydrogen-bond acceptors (Lipinski definition) is 6. The molecule has 0 saturated carbocycles. The third-order valence-corrected chi connectivity index (χ3v) is 4.92. The van der Waals surface area contributed by atoms with Gasteiger partial charge in [0.25, 0.3) is 5.91 Å². The van der Waals surface area contributed by atoms with Crippen LogP contribution >= 0.6 is 11.3 Å². The first-order chi connectivity index (χ1) is 13.1. The molecule has 0 atom stereocenters. The molecule has 0 saturated heterocycles. The summed E-state index contributed by atoms with van der Waals surface area (Å²) in [4.78, 5) is 18.5. The molecular formula is C19H19FN4O2S. The van der Waals surface area contributed by atoms with Gasteiger partial charge >= 0.3 is 0 Å². The van der Waals surface area contributed by atoms with Gasteiger partial charge in [0.05, 0.1) is 12.7 Å². The highest BCUT2D eigenvalue weighted by atomic mass is 32.1. The van der Waals surface area contributed by atoms with Crippen LogP contribution in [0.3, 0.4) is 0 Å². The summed E-state index contributed by atoms with van der Waals surface area (Å²) in [5, 5.41) is 9.39. The molecule has 0 bridgehead atoms. The molecule has 2 heterocycles. The summed E-state index contributed by atoms with van der Waals surface area (Å²) in [5.41, 5.74) is 0.796. The topological polar surface area (TPSA) is 68.2 Å². The van der Waals surface area contributed by atoms with Crippen LogP contribution in [0.1, 0.15) is 30.1 Å². The molecule has 6 nitrogen and oxygen atoms in total. The van der Waals surface area contributed by atoms with Crippen molar-refractivity contribution in [2.75, 3.05) is 18.6 Å². The second-order valence-corrected chi connectivity index (χ2v) is 6.73. The number of methoxy groups -OCH3 is 1. The van der Waals surface area contributed by atoms with Crippen molar-refractivity contribution in [3.05, 3.63) is 54.0 Å². The van der Waals surface area contributed by atoms with E-state index in [4.69, 9.17) is 4.74 Å². The quantitative estimate of drug-likeness (QED) is 0.609. The highest BCUT2D eigenvalue weighted by molar-refractivity contribution is 7.18. The number of hydrogen-bond donors (Lipinski definition) is 0. The Hall–Kier alpha value is -2.87. The van der Waals surface area contributed by atoms with Crippen LogP contribution < -0.4 is 9.64 Å². The van der Waals surface area contributed by atoms with Gasteiger partial charge in [-0.05, 0) is 24.6 Å². The first-order valence-electron chi connectivity index (χ1n) is 8.54. The van der Waals surface area contributed by atoms with E-state index in [-0.39, 0.29) is 5.56 Å². The van der Waals surface area contributed by atoms with Gasteiger partial charge in [-0.3, -0.25) is 9.69 Å². The minimum Gasteiger partial charge on any atom is -0.481 e. The van der Waals surface area contributed by atoms with E-state index in [0.717, 1.165) is 18.4 Å². The summed E-state index contributed by atoms with van der Waals surface area (Å²) < 4.78 is 19.1. The predicted octanol–water partition coefficient (Wildman–Crippen LogP) is 4.19. The molecular weight excluding hydrogens is 367 g/mol. The zero-order chi connectivity index (χ0) is 19.2. The average molecular weight is 386 g/mol. The Bertz CT molecular complexity index is 914. The number of halogens is 1. The highest BCUT2D eigenvalue weighted by Gasteiger charge is 2.23. The largest absolute Gasteiger partial charge is 0.481 e. The zero-order valence-corrected chi connectivity index (χ0v) is 15.9. The number of carbonyl (C=O) groups excluding carboxylic acids is 1. The summed E-state index contributed by atoms with van der Waals surface area (Å²) in [6.07, 6.45) is 3.31. The maximum absolute atomic E-state index is 14.1. The molecule has 0 aliphatic rings. The molecule has 0 radical (unpaired) electrons. The van der Waals surface area contributed by atoms with E-state index >= 15 is 0 Å². The molecule has 1 aromatic carbocycles. The summed E-state index contributed by atoms with van der Waals surface area (Å²) in [5.74, 6) is -0.465. The van der Waals surface area contributed by atoms with Crippen molar-refractivity contribution in [2.24, 2.45) is 0 Å². The monoisotopic (exact) mass is 386 g/mol. The molecule has 0 fully saturated rings. The van der Waals surface area contributed by atoms with Crippen LogP contribution in [0.25, 0.3) is 10.6 Å². The Balaban J connectivity index is 1.90. The van der Waals surface area contributed by atoms with Gasteiger partial charge in [-0.15, -0.1) is 10.2 Å². The second-order valence-electron chi connectivity index (χ2n) is 5.77. The number of pyridine rings is 1. The van der Waals surface area contributed by atoms with Gasteiger partial charge in [0.2, 0.25) is 11.0 Å². The highest BCUT2D eigenvalue weighted by Crippen LogP contribution is 2.30. The molecule has 2 aromatic heterocycles. The molecule has 8 heteroatoms. The van der Waals surface area contributed by atoms with Crippen LogP contribution in [-0.4, -0.2) is 34.7 Å². The van der Waals surface area contributed by atoms with Crippen LogP contribution in [0.5, 0.6) is 5.88 Å². The Morgan fingerprint density at radius 1 is 1.22 bits per heavy atom. The summed E-state index contributed by atoms with van der Waals surface area (Å²) in [6, 6.07) is 9.51. The van der Waals surface area contributed by atoms with Crippen molar-refractivity contribution in [1.29, 1.82) is 0 Å². The third kappa shape index (κ3) is 4.28. The lowest BCUT2D eigenvalue weighted by molar-refractivity contribution is 0.0982. The molecule has 0 N–H and O–H groups in total. The van der Waals surface area contributed by atoms with Crippen LogP contribution in [0, 0.1) is 5.82 Å². The third-order valence-electron chi connectivity index (χ3n) is 3.92. The lowest BCUT2D eigenvalue weighted by atomic mass is 10.2. The molecule has 3 rings (SSSR count). The fourth-order valence-electron chi connectivity index (χ4n) is 2.45. The fraction of sp³-hybridized carbons (Fsp3) is 0.263. The van der Waals surface area contributed by atoms with Crippen molar-refractivity contribution < 1.29 is 13.9 Å². The number of anilines is 1. The first-order valence-corrected chi connectivity index (χ1v) is 9.36. The molecule has 0 unspecified atom stereocenters. The molecule has 3 aromatic rings. The molecule has 1 amide bonds. The van der Waals surface area contributed by atoms with Crippen molar-refractivity contribution in [1.82, 2.24) is 15.2 Å². The molecule has 0 spiro atoms. The van der Waals surface area contributed by atoms with E-state index < -0.39 is 11.7 Å². The maximum Gasteiger partial charge on any atom is 0.263 e. The van der Waals surface area contributed by atoms with E-state index in [1.807, 2.05) is 13.0 Å². The van der Waals surface area contributed by atoms with Gasteiger partial charge < -0.3 is 4.74 Å². The average Bonchev–Trinajstić information content (AvgIpc) is 3.18. The number of benzene rings is 1. The van der Waals surface area contributed by atoms with Gasteiger partial charge in [0.15, 0.2) is 5.01 Å². The SMILES string of the molecule is CCCCN(C(=O)c1ccccc1F)c1nnc(-c2ccc(OC)nc2)s1. The lowest BCUT2D eigenvalue weighted by Crippen LogP contribution is -2.32. The van der Waals surface area contributed by atoms with Crippen molar-refractivity contribution >= 4 is 22.4 Å². The number of ether oxygens (including phenoxy) is 1. The normalized spacial score (nSPS) is 10.6. The fourth-order valence-corrected chi connectivity index (χ4v) is 3.31. The second kappa shape index (κ2) is 8.68. The van der Waals surface area contributed by atoms with E-state index in [9.17, 15) is 9.18 Å². The first kappa shape index (κ1) is 18.9. The number of rotatable bonds is 7. The van der Waals surface area contributed by atoms with Crippen LogP contribution in [-0.2, 0) is 0 Å². The zero-order valence-electron chi connectivity index (χ0n) is 15.1. The standard InChI is InChI=1S/C19H19FN4O2S/c1-3-4-11-24(18(25)14-7-5-6-8-15(14)20)19-23-22-17(27-19)13-9-10-16(26-2)21-12-13/h5-10,12H,3-4,11H2,1-2H3. The van der Waals surface area contributed by atoms with Gasteiger partial charge in [0, 0.05) is 24.4 Å². The van der Waals surface area contributed by atoms with Gasteiger partial charge in [-0.25, -0.2) is 9.37 Å². The van der Waals surface area contributed by atoms with E-state index in [2.05, 4.69) is 15.2 Å². The summed E-state index contributed by atoms with van der Waals surface area (Å²) in [7, 11) is 1.55. The molecule has 0 aliphatic carbocycles. The summed E-state index contributed by atoms with van der Waals surface area (Å²) >= 11 is 1.27. The van der Waals surface area contributed by atoms with Gasteiger partial charge in [-0.1, -0.05) is 36.8 Å². The number of amides is 1. The van der Waals surface area contributed by atoms with E-state index in [1.54, 1.807) is 31.5 Å². The molecule has 27 heavy (non-hydrogen) atoms. The Morgan fingerprint density at radius 3 is 2.70 bits per heavy atom. The van der Waals surface area contributed by atoms with Gasteiger partial charge in [-0.2, -0.15) is 0 Å². The minimum absolute atomic E-state index is 0.0245. The number of nitrogens with zero attached hydrogens (tertiary/aromatic N) is 4. The lowest BCUT2D eigenvalue weighted by Gasteiger charge is -2.19. The van der Waals surface area contributed by atoms with Crippen LogP contribution in [0.2, 0.25) is 0 Å². The number of aromatic nitrogens is 3. The predicted molar refractivity (Wildman–Crippen MR) is 103 cm³/mol. The van der Waals surface area contributed by atoms with Crippen molar-refractivity contribution in [3.63, 3.8) is 0 Å². The van der Waals surface area contributed by atoms with Crippen molar-refractivity contribution in [2.45, 2.75) is 19.8 Å². The van der Waals surface area contributed by atoms with Crippen LogP contribution in [0.15, 0.2) is 42.6 Å². The van der Waals surface area contributed by atoms with Gasteiger partial charge in [0.1, 0.15) is 5.82 Å². The summed E-state index contributed by atoms with van der Waals surface area (Å²) in [6.45, 7) is 2.47. The Morgan fingerprint density at radius 2 is 2.04 bits per heavy atom. The number of unbranched alkanes of at least 4 members (excludes halogenated alkanes) is 1. The van der Waals surface area contributed by atoms with Crippen molar-refractivity contribution in [3.8, 4) is 16.5 Å². The maximum atomic E-state index is 14.1. The Kier molecular flexibility index (Phi) is 6.08. The molecule has 140 valence electrons. The van der Waals surface area contributed by atoms with E-state index in [1.165, 1.54) is 28.4 Å². The minimum atomic E-state index is -0.548.